The molecule has 2 aromatic rings. The van der Waals surface area contributed by atoms with Crippen LogP contribution in [0.1, 0.15) is 22.2 Å². The summed E-state index contributed by atoms with van der Waals surface area (Å²) < 4.78 is 7.69. The predicted molar refractivity (Wildman–Crippen MR) is 90.6 cm³/mol. The maximum Gasteiger partial charge on any atom is 0.348 e. The van der Waals surface area contributed by atoms with E-state index in [4.69, 9.17) is 4.74 Å². The Bertz CT molecular complexity index is 860. The maximum atomic E-state index is 12.4. The van der Waals surface area contributed by atoms with Gasteiger partial charge in [-0.3, -0.25) is 13.9 Å². The van der Waals surface area contributed by atoms with E-state index < -0.39 is 5.97 Å². The number of rotatable bonds is 5. The van der Waals surface area contributed by atoms with Gasteiger partial charge in [-0.1, -0.05) is 0 Å². The van der Waals surface area contributed by atoms with E-state index in [-0.39, 0.29) is 17.9 Å². The van der Waals surface area contributed by atoms with Gasteiger partial charge < -0.3 is 9.64 Å². The highest BCUT2D eigenvalue weighted by Gasteiger charge is 2.22. The van der Waals surface area contributed by atoms with Crippen molar-refractivity contribution in [2.24, 2.45) is 7.05 Å². The maximum absolute atomic E-state index is 12.4. The highest BCUT2D eigenvalue weighted by Crippen LogP contribution is 2.28. The van der Waals surface area contributed by atoms with Crippen LogP contribution in [0.25, 0.3) is 10.2 Å². The summed E-state index contributed by atoms with van der Waals surface area (Å²) >= 11 is 1.14. The Balaban J connectivity index is 2.75. The molecule has 0 aliphatic carbocycles. The van der Waals surface area contributed by atoms with Gasteiger partial charge >= 0.3 is 11.7 Å². The van der Waals surface area contributed by atoms with Crippen molar-refractivity contribution in [1.82, 2.24) is 14.0 Å². The molecule has 0 unspecified atom stereocenters. The third-order valence-corrected chi connectivity index (χ3v) is 4.94. The van der Waals surface area contributed by atoms with E-state index in [0.717, 1.165) is 15.9 Å². The van der Waals surface area contributed by atoms with E-state index in [0.29, 0.717) is 33.7 Å². The number of fused-ring (bicyclic) bond motifs is 1. The topological polar surface area (TPSA) is 73.5 Å². The van der Waals surface area contributed by atoms with Gasteiger partial charge in [-0.2, -0.15) is 0 Å². The molecule has 0 saturated heterocycles. The van der Waals surface area contributed by atoms with Gasteiger partial charge in [-0.15, -0.1) is 11.3 Å². The molecule has 0 atom stereocenters. The molecule has 2 aromatic heterocycles. The van der Waals surface area contributed by atoms with E-state index in [1.54, 1.807) is 18.4 Å². The summed E-state index contributed by atoms with van der Waals surface area (Å²) in [7, 11) is 5.28. The van der Waals surface area contributed by atoms with E-state index in [9.17, 15) is 14.4 Å². The molecule has 2 heterocycles. The zero-order chi connectivity index (χ0) is 17.3. The van der Waals surface area contributed by atoms with Crippen LogP contribution in [-0.2, 0) is 18.3 Å². The zero-order valence-electron chi connectivity index (χ0n) is 14.0. The van der Waals surface area contributed by atoms with Crippen LogP contribution in [-0.4, -0.2) is 47.3 Å². The SMILES string of the molecule is CCOC(=O)c1sc2c(c1C)c(=O)n(C)c(=O)n2CCN(C)C. The number of esters is 1. The average molecular weight is 339 g/mol. The Kier molecular flexibility index (Phi) is 5.06. The molecule has 8 heteroatoms. The van der Waals surface area contributed by atoms with Crippen molar-refractivity contribution in [3.8, 4) is 0 Å². The summed E-state index contributed by atoms with van der Waals surface area (Å²) in [6, 6.07) is 0. The molecule has 7 nitrogen and oxygen atoms in total. The number of carbonyl (C=O) groups is 1. The quantitative estimate of drug-likeness (QED) is 0.754. The Morgan fingerprint density at radius 2 is 1.96 bits per heavy atom. The minimum absolute atomic E-state index is 0.262. The Hall–Kier alpha value is -1.93. The highest BCUT2D eigenvalue weighted by atomic mass is 32.1. The second kappa shape index (κ2) is 6.67. The van der Waals surface area contributed by atoms with E-state index >= 15 is 0 Å². The van der Waals surface area contributed by atoms with Crippen molar-refractivity contribution in [2.45, 2.75) is 20.4 Å². The monoisotopic (exact) mass is 339 g/mol. The fraction of sp³-hybridized carbons (Fsp3) is 0.533. The third-order valence-electron chi connectivity index (χ3n) is 3.64. The summed E-state index contributed by atoms with van der Waals surface area (Å²) in [4.78, 5) is 39.8. The molecule has 0 N–H and O–H groups in total. The molecular weight excluding hydrogens is 318 g/mol. The van der Waals surface area contributed by atoms with Crippen LogP contribution < -0.4 is 11.2 Å². The lowest BCUT2D eigenvalue weighted by Crippen LogP contribution is -2.39. The highest BCUT2D eigenvalue weighted by molar-refractivity contribution is 7.20. The summed E-state index contributed by atoms with van der Waals surface area (Å²) in [5.74, 6) is -0.458. The van der Waals surface area contributed by atoms with Crippen molar-refractivity contribution in [3.05, 3.63) is 31.3 Å². The molecule has 0 bridgehead atoms. The number of aromatic nitrogens is 2. The first-order valence-corrected chi connectivity index (χ1v) is 8.16. The van der Waals surface area contributed by atoms with E-state index in [1.807, 2.05) is 19.0 Å². The molecule has 0 saturated carbocycles. The number of hydrogen-bond donors (Lipinski definition) is 0. The number of carbonyl (C=O) groups excluding carboxylic acids is 1. The Labute approximate surface area is 137 Å². The Morgan fingerprint density at radius 1 is 1.30 bits per heavy atom. The van der Waals surface area contributed by atoms with E-state index in [2.05, 4.69) is 0 Å². The van der Waals surface area contributed by atoms with Crippen molar-refractivity contribution in [2.75, 3.05) is 27.2 Å². The first kappa shape index (κ1) is 17.4. The van der Waals surface area contributed by atoms with Crippen molar-refractivity contribution >= 4 is 27.5 Å². The molecule has 0 spiro atoms. The minimum atomic E-state index is -0.458. The second-order valence-electron chi connectivity index (χ2n) is 5.56. The summed E-state index contributed by atoms with van der Waals surface area (Å²) in [5, 5.41) is 0.416. The second-order valence-corrected chi connectivity index (χ2v) is 6.56. The molecule has 0 aliphatic heterocycles. The molecule has 0 amide bonds. The van der Waals surface area contributed by atoms with E-state index in [1.165, 1.54) is 7.05 Å². The number of hydrogen-bond acceptors (Lipinski definition) is 6. The lowest BCUT2D eigenvalue weighted by Gasteiger charge is -2.13. The average Bonchev–Trinajstić information content (AvgIpc) is 2.82. The fourth-order valence-electron chi connectivity index (χ4n) is 2.35. The molecule has 0 aliphatic rings. The lowest BCUT2D eigenvalue weighted by molar-refractivity contribution is 0.0531. The van der Waals surface area contributed by atoms with Crippen LogP contribution in [0.3, 0.4) is 0 Å². The third kappa shape index (κ3) is 3.09. The number of thiophene rings is 1. The molecule has 0 radical (unpaired) electrons. The van der Waals surface area contributed by atoms with Crippen molar-refractivity contribution in [3.63, 3.8) is 0 Å². The number of likely N-dealkylation sites (N-methyl/N-ethyl adjacent to an activating group) is 1. The Morgan fingerprint density at radius 3 is 2.52 bits per heavy atom. The van der Waals surface area contributed by atoms with Gasteiger partial charge in [-0.25, -0.2) is 9.59 Å². The lowest BCUT2D eigenvalue weighted by atomic mass is 10.2. The van der Waals surface area contributed by atoms with Gasteiger partial charge in [0.25, 0.3) is 5.56 Å². The smallest absolute Gasteiger partial charge is 0.348 e. The van der Waals surface area contributed by atoms with Crippen molar-refractivity contribution < 1.29 is 9.53 Å². The largest absolute Gasteiger partial charge is 0.462 e. The molecule has 23 heavy (non-hydrogen) atoms. The zero-order valence-corrected chi connectivity index (χ0v) is 14.8. The predicted octanol–water partition coefficient (Wildman–Crippen LogP) is 0.808. The van der Waals surface area contributed by atoms with Gasteiger partial charge in [-0.05, 0) is 33.5 Å². The van der Waals surface area contributed by atoms with Gasteiger partial charge in [0, 0.05) is 20.1 Å². The number of ether oxygens (including phenoxy) is 1. The van der Waals surface area contributed by atoms with Gasteiger partial charge in [0.15, 0.2) is 0 Å². The standard InChI is InChI=1S/C15H21N3O4S/c1-6-22-14(20)11-9(2)10-12(19)17(5)15(21)18(13(10)23-11)8-7-16(3)4/h6-8H2,1-5H3. The number of aryl methyl sites for hydroxylation is 1. The van der Waals surface area contributed by atoms with Crippen LogP contribution in [0.5, 0.6) is 0 Å². The molecule has 0 aromatic carbocycles. The van der Waals surface area contributed by atoms with Crippen molar-refractivity contribution in [1.29, 1.82) is 0 Å². The summed E-state index contributed by atoms with van der Waals surface area (Å²) in [6.45, 7) is 4.80. The van der Waals surface area contributed by atoms with Crippen LogP contribution in [0, 0.1) is 6.92 Å². The molecular formula is C15H21N3O4S. The minimum Gasteiger partial charge on any atom is -0.462 e. The molecule has 0 fully saturated rings. The first-order chi connectivity index (χ1) is 10.8. The molecule has 126 valence electrons. The van der Waals surface area contributed by atoms with Crippen LogP contribution in [0.4, 0.5) is 0 Å². The normalized spacial score (nSPS) is 11.4. The first-order valence-electron chi connectivity index (χ1n) is 7.34. The van der Waals surface area contributed by atoms with Crippen LogP contribution in [0.15, 0.2) is 9.59 Å². The van der Waals surface area contributed by atoms with Crippen LogP contribution >= 0.6 is 11.3 Å². The van der Waals surface area contributed by atoms with Gasteiger partial charge in [0.2, 0.25) is 0 Å². The molecule has 2 rings (SSSR count). The number of nitrogens with zero attached hydrogens (tertiary/aromatic N) is 3. The summed E-state index contributed by atoms with van der Waals surface area (Å²) in [5.41, 5.74) is -0.181. The van der Waals surface area contributed by atoms with Gasteiger partial charge in [0.1, 0.15) is 9.71 Å². The van der Waals surface area contributed by atoms with Gasteiger partial charge in [0.05, 0.1) is 12.0 Å². The van der Waals surface area contributed by atoms with Crippen LogP contribution in [0.2, 0.25) is 0 Å². The fourth-order valence-corrected chi connectivity index (χ4v) is 3.56. The summed E-state index contributed by atoms with van der Waals surface area (Å²) in [6.07, 6.45) is 0.